The fraction of sp³-hybridized carbons (Fsp3) is 0.867. The van der Waals surface area contributed by atoms with Gasteiger partial charge in [-0.2, -0.15) is 0 Å². The molecule has 4 rings (SSSR count). The molecule has 0 bridgehead atoms. The highest BCUT2D eigenvalue weighted by Crippen LogP contribution is 2.72. The Morgan fingerprint density at radius 3 is 2.35 bits per heavy atom. The summed E-state index contributed by atoms with van der Waals surface area (Å²) in [5.74, 6) is 2.32. The van der Waals surface area contributed by atoms with Gasteiger partial charge in [0.25, 0.3) is 0 Å². The Morgan fingerprint density at radius 1 is 0.968 bits per heavy atom. The van der Waals surface area contributed by atoms with Crippen molar-refractivity contribution in [2.75, 3.05) is 0 Å². The zero-order chi connectivity index (χ0) is 22.8. The van der Waals surface area contributed by atoms with Gasteiger partial charge in [-0.05, 0) is 117 Å². The summed E-state index contributed by atoms with van der Waals surface area (Å²) in [5.41, 5.74) is 6.41. The summed E-state index contributed by atoms with van der Waals surface area (Å²) in [7, 11) is 0. The van der Waals surface area contributed by atoms with Crippen molar-refractivity contribution < 1.29 is 5.11 Å². The molecule has 0 aliphatic heterocycles. The van der Waals surface area contributed by atoms with Crippen LogP contribution in [0, 0.1) is 39.4 Å². The van der Waals surface area contributed by atoms with Gasteiger partial charge >= 0.3 is 0 Å². The maximum atomic E-state index is 10.8. The summed E-state index contributed by atoms with van der Waals surface area (Å²) in [6, 6.07) is 0. The average Bonchev–Trinajstić information content (AvgIpc) is 2.96. The summed E-state index contributed by atoms with van der Waals surface area (Å²) in [4.78, 5) is 0. The molecular formula is C30H50O. The minimum Gasteiger partial charge on any atom is -0.393 e. The van der Waals surface area contributed by atoms with Crippen LogP contribution in [-0.4, -0.2) is 11.2 Å². The van der Waals surface area contributed by atoms with Crippen molar-refractivity contribution in [1.82, 2.24) is 0 Å². The van der Waals surface area contributed by atoms with Crippen LogP contribution in [0.2, 0.25) is 0 Å². The molecule has 7 atom stereocenters. The van der Waals surface area contributed by atoms with Gasteiger partial charge in [-0.15, -0.1) is 0 Å². The molecule has 2 fully saturated rings. The lowest BCUT2D eigenvalue weighted by Crippen LogP contribution is -2.55. The second-order valence-electron chi connectivity index (χ2n) is 13.6. The third-order valence-corrected chi connectivity index (χ3v) is 11.7. The van der Waals surface area contributed by atoms with E-state index in [1.807, 2.05) is 11.1 Å². The monoisotopic (exact) mass is 426 g/mol. The molecule has 1 heteroatoms. The number of fused-ring (bicyclic) bond motifs is 4. The minimum atomic E-state index is -0.130. The maximum absolute atomic E-state index is 10.8. The van der Waals surface area contributed by atoms with Crippen LogP contribution in [-0.2, 0) is 0 Å². The Bertz CT molecular complexity index is 767. The summed E-state index contributed by atoms with van der Waals surface area (Å²) in [6.45, 7) is 19.6. The molecule has 0 spiro atoms. The molecule has 0 saturated heterocycles. The van der Waals surface area contributed by atoms with E-state index in [1.165, 1.54) is 63.4 Å². The van der Waals surface area contributed by atoms with Crippen LogP contribution in [0.25, 0.3) is 0 Å². The van der Waals surface area contributed by atoms with E-state index in [0.29, 0.717) is 22.2 Å². The highest BCUT2D eigenvalue weighted by atomic mass is 16.3. The molecule has 0 radical (unpaired) electrons. The van der Waals surface area contributed by atoms with Crippen LogP contribution in [0.4, 0.5) is 0 Å². The number of aliphatic hydroxyl groups is 1. The predicted octanol–water partition coefficient (Wildman–Crippen LogP) is 8.48. The van der Waals surface area contributed by atoms with Crippen LogP contribution in [0.5, 0.6) is 0 Å². The van der Waals surface area contributed by atoms with Crippen LogP contribution in [0.1, 0.15) is 120 Å². The van der Waals surface area contributed by atoms with Crippen molar-refractivity contribution in [2.24, 2.45) is 39.4 Å². The molecule has 0 aromatic carbocycles. The number of aliphatic hydroxyl groups excluding tert-OH is 1. The first kappa shape index (κ1) is 23.6. The number of allylic oxidation sites excluding steroid dienone is 4. The molecule has 0 heterocycles. The van der Waals surface area contributed by atoms with E-state index in [2.05, 4.69) is 61.5 Å². The molecule has 0 amide bonds. The van der Waals surface area contributed by atoms with Gasteiger partial charge < -0.3 is 5.11 Å². The van der Waals surface area contributed by atoms with Crippen LogP contribution < -0.4 is 0 Å². The summed E-state index contributed by atoms with van der Waals surface area (Å²) in [6.07, 6.45) is 15.2. The molecule has 176 valence electrons. The number of hydrogen-bond donors (Lipinski definition) is 1. The maximum Gasteiger partial charge on any atom is 0.0594 e. The van der Waals surface area contributed by atoms with Gasteiger partial charge in [0.1, 0.15) is 0 Å². The van der Waals surface area contributed by atoms with E-state index < -0.39 is 0 Å². The Kier molecular flexibility index (Phi) is 5.90. The fourth-order valence-electron chi connectivity index (χ4n) is 9.47. The molecule has 4 aliphatic rings. The average molecular weight is 427 g/mol. The minimum absolute atomic E-state index is 0.0465. The van der Waals surface area contributed by atoms with Crippen molar-refractivity contribution >= 4 is 0 Å². The second kappa shape index (κ2) is 7.75. The lowest BCUT2D eigenvalue weighted by molar-refractivity contribution is -0.0962. The Morgan fingerprint density at radius 2 is 1.68 bits per heavy atom. The zero-order valence-corrected chi connectivity index (χ0v) is 21.9. The molecule has 0 aromatic rings. The highest BCUT2D eigenvalue weighted by molar-refractivity contribution is 5.38. The van der Waals surface area contributed by atoms with Crippen molar-refractivity contribution in [3.63, 3.8) is 0 Å². The van der Waals surface area contributed by atoms with Gasteiger partial charge in [0.2, 0.25) is 0 Å². The zero-order valence-electron chi connectivity index (χ0n) is 21.9. The Hall–Kier alpha value is -0.560. The van der Waals surface area contributed by atoms with E-state index in [9.17, 15) is 5.11 Å². The summed E-state index contributed by atoms with van der Waals surface area (Å²) < 4.78 is 0. The number of rotatable bonds is 4. The van der Waals surface area contributed by atoms with Crippen molar-refractivity contribution in [3.8, 4) is 0 Å². The fourth-order valence-corrected chi connectivity index (χ4v) is 9.47. The molecule has 4 aliphatic carbocycles. The van der Waals surface area contributed by atoms with E-state index in [4.69, 9.17) is 0 Å². The van der Waals surface area contributed by atoms with Gasteiger partial charge in [-0.1, -0.05) is 64.3 Å². The molecular weight excluding hydrogens is 376 g/mol. The van der Waals surface area contributed by atoms with E-state index in [-0.39, 0.29) is 11.5 Å². The van der Waals surface area contributed by atoms with Gasteiger partial charge in [-0.25, -0.2) is 0 Å². The van der Waals surface area contributed by atoms with Crippen molar-refractivity contribution in [1.29, 1.82) is 0 Å². The predicted molar refractivity (Wildman–Crippen MR) is 133 cm³/mol. The van der Waals surface area contributed by atoms with Gasteiger partial charge in [0.15, 0.2) is 0 Å². The Balaban J connectivity index is 1.65. The third-order valence-electron chi connectivity index (χ3n) is 11.7. The standard InChI is InChI=1S/C30H50O/c1-20(2)10-9-11-21(3)22-14-18-30(8)24-12-13-25-27(4,5)26(31)16-17-28(25,6)23(24)15-19-29(22,30)7/h10,21-22,25-26,31H,9,11-19H2,1-8H3/t21-,22+,25-,26-,28+,29+,30-/m0/s1. The first-order chi connectivity index (χ1) is 14.4. The molecule has 0 aromatic heterocycles. The smallest absolute Gasteiger partial charge is 0.0594 e. The van der Waals surface area contributed by atoms with E-state index in [1.54, 1.807) is 0 Å². The molecule has 31 heavy (non-hydrogen) atoms. The molecule has 1 nitrogen and oxygen atoms in total. The van der Waals surface area contributed by atoms with E-state index >= 15 is 0 Å². The SMILES string of the molecule is CC(C)=CCC[C@H](C)[C@H]1CC[C@@]2(C)C3=C(CC[C@]12C)[C@@]1(C)CC[C@H](O)C(C)(C)[C@@H]1CC3. The molecule has 0 unspecified atom stereocenters. The lowest BCUT2D eigenvalue weighted by atomic mass is 9.43. The van der Waals surface area contributed by atoms with Gasteiger partial charge in [-0.3, -0.25) is 0 Å². The topological polar surface area (TPSA) is 20.2 Å². The highest BCUT2D eigenvalue weighted by Gasteiger charge is 2.63. The van der Waals surface area contributed by atoms with Crippen molar-refractivity contribution in [3.05, 3.63) is 22.8 Å². The first-order valence-electron chi connectivity index (χ1n) is 13.4. The summed E-state index contributed by atoms with van der Waals surface area (Å²) >= 11 is 0. The first-order valence-corrected chi connectivity index (χ1v) is 13.4. The normalized spacial score (nSPS) is 44.9. The largest absolute Gasteiger partial charge is 0.393 e. The van der Waals surface area contributed by atoms with Crippen LogP contribution >= 0.6 is 0 Å². The van der Waals surface area contributed by atoms with E-state index in [0.717, 1.165) is 18.3 Å². The third kappa shape index (κ3) is 3.34. The van der Waals surface area contributed by atoms with Gasteiger partial charge in [0, 0.05) is 0 Å². The second-order valence-corrected chi connectivity index (χ2v) is 13.6. The van der Waals surface area contributed by atoms with Crippen molar-refractivity contribution in [2.45, 2.75) is 126 Å². The van der Waals surface area contributed by atoms with Crippen LogP contribution in [0.15, 0.2) is 22.8 Å². The van der Waals surface area contributed by atoms with Crippen LogP contribution in [0.3, 0.4) is 0 Å². The Labute approximate surface area is 193 Å². The summed E-state index contributed by atoms with van der Waals surface area (Å²) in [5, 5.41) is 10.8. The van der Waals surface area contributed by atoms with Gasteiger partial charge in [0.05, 0.1) is 6.10 Å². The quantitative estimate of drug-likeness (QED) is 0.447. The lowest BCUT2D eigenvalue weighted by Gasteiger charge is -2.62. The molecule has 2 saturated carbocycles. The molecule has 1 N–H and O–H groups in total. The number of hydrogen-bond acceptors (Lipinski definition) is 1.